The molecular weight excluding hydrogens is 264 g/mol. The summed E-state index contributed by atoms with van der Waals surface area (Å²) in [4.78, 5) is 13.9. The summed E-state index contributed by atoms with van der Waals surface area (Å²) in [5.74, 6) is 1.88. The topological polar surface area (TPSA) is 59.5 Å². The Bertz CT molecular complexity index is 416. The van der Waals surface area contributed by atoms with Gasteiger partial charge >= 0.3 is 0 Å². The number of amides is 1. The summed E-state index contributed by atoms with van der Waals surface area (Å²) in [6.07, 6.45) is 0.815. The van der Waals surface area contributed by atoms with Gasteiger partial charge in [-0.3, -0.25) is 4.79 Å². The highest BCUT2D eigenvalue weighted by Gasteiger charge is 2.18. The van der Waals surface area contributed by atoms with E-state index in [0.717, 1.165) is 12.2 Å². The van der Waals surface area contributed by atoms with E-state index < -0.39 is 0 Å². The molecular formula is C14H25ClN2O2. The minimum absolute atomic E-state index is 0. The quantitative estimate of drug-likeness (QED) is 0.906. The third kappa shape index (κ3) is 4.88. The first-order valence-corrected chi connectivity index (χ1v) is 6.41. The lowest BCUT2D eigenvalue weighted by Gasteiger charge is -2.21. The van der Waals surface area contributed by atoms with Crippen molar-refractivity contribution in [2.24, 2.45) is 11.7 Å². The average molecular weight is 289 g/mol. The van der Waals surface area contributed by atoms with Crippen LogP contribution in [0.1, 0.15) is 42.1 Å². The minimum atomic E-state index is 0. The van der Waals surface area contributed by atoms with Crippen molar-refractivity contribution in [2.75, 3.05) is 13.6 Å². The first-order valence-electron chi connectivity index (χ1n) is 6.41. The van der Waals surface area contributed by atoms with Crippen LogP contribution in [0.3, 0.4) is 0 Å². The van der Waals surface area contributed by atoms with Crippen molar-refractivity contribution in [2.45, 2.75) is 40.2 Å². The van der Waals surface area contributed by atoms with Crippen LogP contribution in [-0.2, 0) is 0 Å². The Morgan fingerprint density at radius 1 is 1.42 bits per heavy atom. The molecule has 110 valence electrons. The molecule has 2 N–H and O–H groups in total. The van der Waals surface area contributed by atoms with Crippen LogP contribution in [0.25, 0.3) is 0 Å². The molecule has 0 aromatic carbocycles. The zero-order valence-corrected chi connectivity index (χ0v) is 13.2. The smallest absolute Gasteiger partial charge is 0.257 e. The van der Waals surface area contributed by atoms with E-state index in [1.165, 1.54) is 0 Å². The number of carbonyl (C=O) groups excluding carboxylic acids is 1. The maximum absolute atomic E-state index is 12.2. The molecule has 0 bridgehead atoms. The fourth-order valence-corrected chi connectivity index (χ4v) is 1.83. The van der Waals surface area contributed by atoms with E-state index in [2.05, 4.69) is 13.8 Å². The lowest BCUT2D eigenvalue weighted by atomic mass is 10.0. The van der Waals surface area contributed by atoms with Crippen molar-refractivity contribution in [1.82, 2.24) is 4.90 Å². The van der Waals surface area contributed by atoms with Crippen molar-refractivity contribution >= 4 is 18.3 Å². The largest absolute Gasteiger partial charge is 0.466 e. The minimum Gasteiger partial charge on any atom is -0.466 e. The zero-order chi connectivity index (χ0) is 13.9. The Kier molecular flexibility index (Phi) is 7.16. The maximum Gasteiger partial charge on any atom is 0.257 e. The Hall–Kier alpha value is -1.000. The summed E-state index contributed by atoms with van der Waals surface area (Å²) >= 11 is 0. The van der Waals surface area contributed by atoms with Crippen LogP contribution < -0.4 is 5.73 Å². The van der Waals surface area contributed by atoms with Gasteiger partial charge in [0.1, 0.15) is 11.5 Å². The van der Waals surface area contributed by atoms with Gasteiger partial charge in [0.15, 0.2) is 0 Å². The average Bonchev–Trinajstić information content (AvgIpc) is 2.63. The highest BCUT2D eigenvalue weighted by atomic mass is 35.5. The standard InChI is InChI=1S/C14H24N2O2.ClH/c1-9(2)13(15)6-7-16(5)14(17)12-8-10(3)18-11(12)4;/h8-9,13H,6-7,15H2,1-5H3;1H. The fraction of sp³-hybridized carbons (Fsp3) is 0.643. The van der Waals surface area contributed by atoms with Gasteiger partial charge in [-0.25, -0.2) is 0 Å². The summed E-state index contributed by atoms with van der Waals surface area (Å²) in [6.45, 7) is 8.51. The Morgan fingerprint density at radius 2 is 2.00 bits per heavy atom. The molecule has 0 saturated heterocycles. The van der Waals surface area contributed by atoms with Gasteiger partial charge < -0.3 is 15.1 Å². The lowest BCUT2D eigenvalue weighted by molar-refractivity contribution is 0.0787. The van der Waals surface area contributed by atoms with Crippen LogP contribution >= 0.6 is 12.4 Å². The highest BCUT2D eigenvalue weighted by molar-refractivity contribution is 5.95. The van der Waals surface area contributed by atoms with Crippen molar-refractivity contribution in [3.63, 3.8) is 0 Å². The van der Waals surface area contributed by atoms with Gasteiger partial charge in [0.25, 0.3) is 5.91 Å². The molecule has 0 fully saturated rings. The Morgan fingerprint density at radius 3 is 2.42 bits per heavy atom. The summed E-state index contributed by atoms with van der Waals surface area (Å²) in [5, 5.41) is 0. The van der Waals surface area contributed by atoms with Gasteiger partial charge in [-0.15, -0.1) is 12.4 Å². The predicted octanol–water partition coefficient (Wildman–Crippen LogP) is 2.76. The molecule has 1 unspecified atom stereocenters. The van der Waals surface area contributed by atoms with Gasteiger partial charge in [0, 0.05) is 19.6 Å². The predicted molar refractivity (Wildman–Crippen MR) is 79.8 cm³/mol. The van der Waals surface area contributed by atoms with Crippen LogP contribution in [0.2, 0.25) is 0 Å². The fourth-order valence-electron chi connectivity index (χ4n) is 1.83. The second-order valence-corrected chi connectivity index (χ2v) is 5.25. The molecule has 1 atom stereocenters. The number of nitrogens with two attached hydrogens (primary N) is 1. The van der Waals surface area contributed by atoms with Crippen LogP contribution in [0.15, 0.2) is 10.5 Å². The molecule has 0 radical (unpaired) electrons. The van der Waals surface area contributed by atoms with Crippen LogP contribution in [0, 0.1) is 19.8 Å². The number of aryl methyl sites for hydroxylation is 2. The molecule has 1 rings (SSSR count). The molecule has 0 aliphatic carbocycles. The number of rotatable bonds is 5. The molecule has 5 heteroatoms. The normalized spacial score (nSPS) is 12.2. The van der Waals surface area contributed by atoms with Gasteiger partial charge in [0.05, 0.1) is 5.56 Å². The first-order chi connectivity index (χ1) is 8.32. The van der Waals surface area contributed by atoms with Gasteiger partial charge in [-0.2, -0.15) is 0 Å². The molecule has 1 aromatic heterocycles. The lowest BCUT2D eigenvalue weighted by Crippen LogP contribution is -2.34. The van der Waals surface area contributed by atoms with Crippen LogP contribution in [0.5, 0.6) is 0 Å². The van der Waals surface area contributed by atoms with E-state index in [0.29, 0.717) is 23.8 Å². The van der Waals surface area contributed by atoms with E-state index in [1.54, 1.807) is 18.0 Å². The summed E-state index contributed by atoms with van der Waals surface area (Å²) in [6, 6.07) is 1.92. The van der Waals surface area contributed by atoms with E-state index in [1.807, 2.05) is 13.8 Å². The summed E-state index contributed by atoms with van der Waals surface area (Å²) < 4.78 is 5.38. The molecule has 19 heavy (non-hydrogen) atoms. The second-order valence-electron chi connectivity index (χ2n) is 5.25. The molecule has 1 aromatic rings. The molecule has 4 nitrogen and oxygen atoms in total. The number of hydrogen-bond donors (Lipinski definition) is 1. The molecule has 0 aliphatic heterocycles. The summed E-state index contributed by atoms with van der Waals surface area (Å²) in [5.41, 5.74) is 6.63. The number of halogens is 1. The molecule has 0 saturated carbocycles. The maximum atomic E-state index is 12.2. The molecule has 0 aliphatic rings. The van der Waals surface area contributed by atoms with E-state index in [9.17, 15) is 4.79 Å². The van der Waals surface area contributed by atoms with Crippen molar-refractivity contribution < 1.29 is 9.21 Å². The van der Waals surface area contributed by atoms with E-state index in [4.69, 9.17) is 10.2 Å². The van der Waals surface area contributed by atoms with E-state index in [-0.39, 0.29) is 24.4 Å². The third-order valence-corrected chi connectivity index (χ3v) is 3.27. The van der Waals surface area contributed by atoms with Gasteiger partial charge in [-0.05, 0) is 32.3 Å². The van der Waals surface area contributed by atoms with Gasteiger partial charge in [0.2, 0.25) is 0 Å². The molecule has 0 spiro atoms. The first kappa shape index (κ1) is 18.0. The Balaban J connectivity index is 0.00000324. The summed E-state index contributed by atoms with van der Waals surface area (Å²) in [7, 11) is 1.80. The SMILES string of the molecule is Cc1cc(C(=O)N(C)CCC(N)C(C)C)c(C)o1.Cl. The van der Waals surface area contributed by atoms with Crippen LogP contribution in [-0.4, -0.2) is 30.4 Å². The number of hydrogen-bond acceptors (Lipinski definition) is 3. The molecule has 1 heterocycles. The van der Waals surface area contributed by atoms with Crippen molar-refractivity contribution in [3.05, 3.63) is 23.2 Å². The Labute approximate surface area is 121 Å². The monoisotopic (exact) mass is 288 g/mol. The number of nitrogens with zero attached hydrogens (tertiary/aromatic N) is 1. The highest BCUT2D eigenvalue weighted by Crippen LogP contribution is 2.16. The third-order valence-electron chi connectivity index (χ3n) is 3.27. The van der Waals surface area contributed by atoms with Crippen LogP contribution in [0.4, 0.5) is 0 Å². The van der Waals surface area contributed by atoms with Gasteiger partial charge in [-0.1, -0.05) is 13.8 Å². The van der Waals surface area contributed by atoms with Crippen molar-refractivity contribution in [3.8, 4) is 0 Å². The molecule has 1 amide bonds. The number of furan rings is 1. The van der Waals surface area contributed by atoms with Crippen molar-refractivity contribution in [1.29, 1.82) is 0 Å². The number of carbonyl (C=O) groups is 1. The zero-order valence-electron chi connectivity index (χ0n) is 12.4. The van der Waals surface area contributed by atoms with E-state index >= 15 is 0 Å². The second kappa shape index (κ2) is 7.56.